The summed E-state index contributed by atoms with van der Waals surface area (Å²) in [6.45, 7) is 6.87. The SMILES string of the molecule is CCCOc1ccc(Oc2ccc3cc(C(C)NC(=O)OCC)ccc3c2)cc1. The first kappa shape index (κ1) is 20.5. The molecule has 0 heterocycles. The van der Waals surface area contributed by atoms with Gasteiger partial charge in [0.05, 0.1) is 19.3 Å². The number of ether oxygens (including phenoxy) is 3. The lowest BCUT2D eigenvalue weighted by Gasteiger charge is -2.15. The Balaban J connectivity index is 1.69. The molecule has 1 N–H and O–H groups in total. The van der Waals surface area contributed by atoms with Crippen LogP contribution in [0.15, 0.2) is 60.7 Å². The summed E-state index contributed by atoms with van der Waals surface area (Å²) < 4.78 is 16.5. The summed E-state index contributed by atoms with van der Waals surface area (Å²) in [5, 5.41) is 4.97. The molecule has 5 heteroatoms. The van der Waals surface area contributed by atoms with Gasteiger partial charge in [0.2, 0.25) is 0 Å². The molecule has 1 unspecified atom stereocenters. The third-order valence-electron chi connectivity index (χ3n) is 4.48. The molecule has 152 valence electrons. The van der Waals surface area contributed by atoms with Gasteiger partial charge < -0.3 is 19.5 Å². The van der Waals surface area contributed by atoms with Gasteiger partial charge in [-0.15, -0.1) is 0 Å². The maximum absolute atomic E-state index is 11.6. The molecule has 3 aromatic rings. The number of benzene rings is 3. The quantitative estimate of drug-likeness (QED) is 0.493. The van der Waals surface area contributed by atoms with Crippen LogP contribution in [0.5, 0.6) is 17.2 Å². The normalized spacial score (nSPS) is 11.7. The molecular formula is C24H27NO4. The molecule has 0 bridgehead atoms. The van der Waals surface area contributed by atoms with Crippen molar-refractivity contribution in [2.24, 2.45) is 0 Å². The number of fused-ring (bicyclic) bond motifs is 1. The number of rotatable bonds is 8. The molecule has 3 rings (SSSR count). The lowest BCUT2D eigenvalue weighted by molar-refractivity contribution is 0.149. The van der Waals surface area contributed by atoms with Crippen molar-refractivity contribution in [1.29, 1.82) is 0 Å². The zero-order chi connectivity index (χ0) is 20.6. The second kappa shape index (κ2) is 9.82. The Kier molecular flexibility index (Phi) is 6.95. The van der Waals surface area contributed by atoms with Gasteiger partial charge in [-0.3, -0.25) is 0 Å². The van der Waals surface area contributed by atoms with Crippen molar-refractivity contribution < 1.29 is 19.0 Å². The van der Waals surface area contributed by atoms with Crippen LogP contribution in [-0.2, 0) is 4.74 Å². The zero-order valence-electron chi connectivity index (χ0n) is 17.1. The third kappa shape index (κ3) is 5.64. The Morgan fingerprint density at radius 1 is 0.897 bits per heavy atom. The van der Waals surface area contributed by atoms with Crippen molar-refractivity contribution in [2.45, 2.75) is 33.2 Å². The number of carbonyl (C=O) groups excluding carboxylic acids is 1. The van der Waals surface area contributed by atoms with Gasteiger partial charge in [0.25, 0.3) is 0 Å². The number of hydrogen-bond donors (Lipinski definition) is 1. The van der Waals surface area contributed by atoms with E-state index in [4.69, 9.17) is 14.2 Å². The summed E-state index contributed by atoms with van der Waals surface area (Å²) in [6.07, 6.45) is 0.573. The van der Waals surface area contributed by atoms with Crippen molar-refractivity contribution in [2.75, 3.05) is 13.2 Å². The number of carbonyl (C=O) groups is 1. The van der Waals surface area contributed by atoms with Crippen molar-refractivity contribution in [1.82, 2.24) is 5.32 Å². The number of nitrogens with one attached hydrogen (secondary N) is 1. The molecule has 0 spiro atoms. The fraction of sp³-hybridized carbons (Fsp3) is 0.292. The standard InChI is InChI=1S/C24H27NO4/c1-4-14-28-21-10-12-22(13-11-21)29-23-9-8-19-15-18(6-7-20(19)16-23)17(3)25-24(26)27-5-2/h6-13,15-17H,4-5,14H2,1-3H3,(H,25,26). The average molecular weight is 393 g/mol. The molecule has 5 nitrogen and oxygen atoms in total. The van der Waals surface area contributed by atoms with Crippen LogP contribution < -0.4 is 14.8 Å². The molecule has 0 radical (unpaired) electrons. The summed E-state index contributed by atoms with van der Waals surface area (Å²) >= 11 is 0. The first-order valence-corrected chi connectivity index (χ1v) is 9.96. The van der Waals surface area contributed by atoms with Gasteiger partial charge in [-0.25, -0.2) is 4.79 Å². The smallest absolute Gasteiger partial charge is 0.407 e. The van der Waals surface area contributed by atoms with Crippen LogP contribution in [0.1, 0.15) is 38.8 Å². The highest BCUT2D eigenvalue weighted by atomic mass is 16.5. The molecule has 0 aromatic heterocycles. The Morgan fingerprint density at radius 3 is 2.28 bits per heavy atom. The van der Waals surface area contributed by atoms with Crippen molar-refractivity contribution in [3.05, 3.63) is 66.2 Å². The van der Waals surface area contributed by atoms with E-state index in [1.807, 2.05) is 61.5 Å². The van der Waals surface area contributed by atoms with E-state index in [1.165, 1.54) is 0 Å². The summed E-state index contributed by atoms with van der Waals surface area (Å²) in [6, 6.07) is 19.6. The lowest BCUT2D eigenvalue weighted by Crippen LogP contribution is -2.27. The molecule has 29 heavy (non-hydrogen) atoms. The van der Waals surface area contributed by atoms with Crippen LogP contribution in [0.4, 0.5) is 4.79 Å². The first-order chi connectivity index (χ1) is 14.1. The van der Waals surface area contributed by atoms with Gasteiger partial charge >= 0.3 is 6.09 Å². The van der Waals surface area contributed by atoms with Crippen molar-refractivity contribution in [3.8, 4) is 17.2 Å². The molecular weight excluding hydrogens is 366 g/mol. The zero-order valence-corrected chi connectivity index (χ0v) is 17.1. The van der Waals surface area contributed by atoms with Gasteiger partial charge in [-0.05, 0) is 79.1 Å². The maximum Gasteiger partial charge on any atom is 0.407 e. The van der Waals surface area contributed by atoms with Crippen LogP contribution in [0.2, 0.25) is 0 Å². The summed E-state index contributed by atoms with van der Waals surface area (Å²) in [5.74, 6) is 2.37. The van der Waals surface area contributed by atoms with E-state index < -0.39 is 6.09 Å². The van der Waals surface area contributed by atoms with E-state index in [9.17, 15) is 4.79 Å². The number of amides is 1. The predicted octanol–water partition coefficient (Wildman–Crippen LogP) is 6.23. The Hall–Kier alpha value is -3.21. The van der Waals surface area contributed by atoms with E-state index in [1.54, 1.807) is 6.92 Å². The van der Waals surface area contributed by atoms with Crippen LogP contribution in [0.25, 0.3) is 10.8 Å². The Morgan fingerprint density at radius 2 is 1.55 bits per heavy atom. The van der Waals surface area contributed by atoms with Crippen LogP contribution in [0.3, 0.4) is 0 Å². The second-order valence-corrected chi connectivity index (χ2v) is 6.78. The molecule has 0 aliphatic heterocycles. The molecule has 1 atom stereocenters. The number of alkyl carbamates (subject to hydrolysis) is 1. The minimum atomic E-state index is -0.407. The van der Waals surface area contributed by atoms with Gasteiger partial charge in [0.1, 0.15) is 17.2 Å². The van der Waals surface area contributed by atoms with Gasteiger partial charge in [-0.2, -0.15) is 0 Å². The molecule has 0 saturated heterocycles. The Labute approximate surface area is 171 Å². The van der Waals surface area contributed by atoms with Crippen LogP contribution >= 0.6 is 0 Å². The molecule has 3 aromatic carbocycles. The van der Waals surface area contributed by atoms with Crippen LogP contribution in [-0.4, -0.2) is 19.3 Å². The van der Waals surface area contributed by atoms with Gasteiger partial charge in [-0.1, -0.05) is 25.1 Å². The van der Waals surface area contributed by atoms with E-state index >= 15 is 0 Å². The van der Waals surface area contributed by atoms with E-state index in [0.717, 1.165) is 40.0 Å². The van der Waals surface area contributed by atoms with Crippen molar-refractivity contribution >= 4 is 16.9 Å². The molecule has 1 amide bonds. The highest BCUT2D eigenvalue weighted by molar-refractivity contribution is 5.85. The molecule has 0 aliphatic rings. The lowest BCUT2D eigenvalue weighted by atomic mass is 10.0. The fourth-order valence-corrected chi connectivity index (χ4v) is 2.97. The average Bonchev–Trinajstić information content (AvgIpc) is 2.73. The monoisotopic (exact) mass is 393 g/mol. The molecule has 0 saturated carbocycles. The van der Waals surface area contributed by atoms with Gasteiger partial charge in [0, 0.05) is 0 Å². The summed E-state index contributed by atoms with van der Waals surface area (Å²) in [7, 11) is 0. The van der Waals surface area contributed by atoms with Crippen LogP contribution in [0, 0.1) is 0 Å². The van der Waals surface area contributed by atoms with E-state index in [2.05, 4.69) is 18.3 Å². The first-order valence-electron chi connectivity index (χ1n) is 9.96. The summed E-state index contributed by atoms with van der Waals surface area (Å²) in [5.41, 5.74) is 1.02. The third-order valence-corrected chi connectivity index (χ3v) is 4.48. The highest BCUT2D eigenvalue weighted by Gasteiger charge is 2.11. The van der Waals surface area contributed by atoms with Crippen molar-refractivity contribution in [3.63, 3.8) is 0 Å². The largest absolute Gasteiger partial charge is 0.494 e. The van der Waals surface area contributed by atoms with E-state index in [-0.39, 0.29) is 6.04 Å². The predicted molar refractivity (Wildman–Crippen MR) is 115 cm³/mol. The molecule has 0 aliphatic carbocycles. The summed E-state index contributed by atoms with van der Waals surface area (Å²) in [4.78, 5) is 11.6. The minimum Gasteiger partial charge on any atom is -0.494 e. The maximum atomic E-state index is 11.6. The Bertz CT molecular complexity index is 953. The second-order valence-electron chi connectivity index (χ2n) is 6.78. The molecule has 0 fully saturated rings. The van der Waals surface area contributed by atoms with E-state index in [0.29, 0.717) is 13.2 Å². The number of hydrogen-bond acceptors (Lipinski definition) is 4. The fourth-order valence-electron chi connectivity index (χ4n) is 2.97. The van der Waals surface area contributed by atoms with Gasteiger partial charge in [0.15, 0.2) is 0 Å². The topological polar surface area (TPSA) is 56.8 Å². The minimum absolute atomic E-state index is 0.136. The highest BCUT2D eigenvalue weighted by Crippen LogP contribution is 2.28.